The number of hydrogen-bond donors (Lipinski definition) is 1. The van der Waals surface area contributed by atoms with Gasteiger partial charge in [0, 0.05) is 11.1 Å². The minimum atomic E-state index is 0.945. The van der Waals surface area contributed by atoms with Crippen LogP contribution in [0.4, 0.5) is 0 Å². The summed E-state index contributed by atoms with van der Waals surface area (Å²) in [5.41, 5.74) is 5.42. The predicted octanol–water partition coefficient (Wildman–Crippen LogP) is 4.25. The largest absolute Gasteiger partial charge is 0.333 e. The number of benzene rings is 2. The van der Waals surface area contributed by atoms with E-state index in [-0.39, 0.29) is 0 Å². The molecule has 0 fully saturated rings. The average molecular weight is 292 g/mol. The normalized spacial score (nSPS) is 10.4. The van der Waals surface area contributed by atoms with Crippen LogP contribution in [0.5, 0.6) is 0 Å². The van der Waals surface area contributed by atoms with Crippen LogP contribution in [0.1, 0.15) is 23.6 Å². The molecule has 0 saturated heterocycles. The molecule has 2 nitrogen and oxygen atoms in total. The molecule has 1 N–H and O–H groups in total. The summed E-state index contributed by atoms with van der Waals surface area (Å²) in [5.74, 6) is 6.53. The Morgan fingerprint density at radius 2 is 1.95 bits per heavy atom. The van der Waals surface area contributed by atoms with Crippen LogP contribution in [-0.4, -0.2) is 16.2 Å². The maximum Gasteiger partial charge on any atom is 0.166 e. The number of rotatable bonds is 2. The monoisotopic (exact) mass is 292 g/mol. The molecule has 104 valence electrons. The molecule has 0 aliphatic rings. The van der Waals surface area contributed by atoms with Gasteiger partial charge in [-0.25, -0.2) is 4.98 Å². The van der Waals surface area contributed by atoms with E-state index in [0.29, 0.717) is 0 Å². The summed E-state index contributed by atoms with van der Waals surface area (Å²) in [4.78, 5) is 7.88. The van der Waals surface area contributed by atoms with Gasteiger partial charge in [0.2, 0.25) is 0 Å². The Morgan fingerprint density at radius 1 is 1.14 bits per heavy atom. The zero-order valence-electron chi connectivity index (χ0n) is 12.1. The van der Waals surface area contributed by atoms with E-state index in [2.05, 4.69) is 40.9 Å². The number of aryl methyl sites for hydroxylation is 1. The third-order valence-electron chi connectivity index (χ3n) is 3.37. The van der Waals surface area contributed by atoms with Gasteiger partial charge in [-0.2, -0.15) is 0 Å². The first-order valence-corrected chi connectivity index (χ1v) is 8.16. The van der Waals surface area contributed by atoms with Gasteiger partial charge in [0.05, 0.1) is 11.0 Å². The van der Waals surface area contributed by atoms with Gasteiger partial charge < -0.3 is 4.98 Å². The zero-order valence-corrected chi connectivity index (χ0v) is 12.9. The molecule has 0 spiro atoms. The molecule has 0 saturated carbocycles. The number of aromatic nitrogens is 2. The smallest absolute Gasteiger partial charge is 0.166 e. The van der Waals surface area contributed by atoms with Crippen LogP contribution in [0.15, 0.2) is 47.6 Å². The highest BCUT2D eigenvalue weighted by molar-refractivity contribution is 7.98. The first-order chi connectivity index (χ1) is 10.3. The number of thioether (sulfide) groups is 1. The van der Waals surface area contributed by atoms with Crippen LogP contribution in [0.3, 0.4) is 0 Å². The second kappa shape index (κ2) is 6.07. The van der Waals surface area contributed by atoms with Crippen LogP contribution in [0.25, 0.3) is 11.0 Å². The first kappa shape index (κ1) is 13.8. The second-order valence-corrected chi connectivity index (χ2v) is 5.54. The van der Waals surface area contributed by atoms with Crippen molar-refractivity contribution in [2.24, 2.45) is 0 Å². The number of hydrogen-bond acceptors (Lipinski definition) is 2. The number of H-pyrrole nitrogens is 1. The van der Waals surface area contributed by atoms with Gasteiger partial charge in [-0.15, -0.1) is 0 Å². The Bertz CT molecular complexity index is 823. The number of nitrogens with one attached hydrogen (secondary N) is 1. The summed E-state index contributed by atoms with van der Waals surface area (Å²) in [7, 11) is 0. The Labute approximate surface area is 129 Å². The van der Waals surface area contributed by atoms with Crippen LogP contribution < -0.4 is 0 Å². The summed E-state index contributed by atoms with van der Waals surface area (Å²) < 4.78 is 0. The third kappa shape index (κ3) is 2.96. The van der Waals surface area contributed by atoms with Crippen molar-refractivity contribution in [3.63, 3.8) is 0 Å². The second-order valence-electron chi connectivity index (χ2n) is 4.74. The first-order valence-electron chi connectivity index (χ1n) is 6.94. The Morgan fingerprint density at radius 3 is 2.67 bits per heavy atom. The highest BCUT2D eigenvalue weighted by atomic mass is 32.2. The lowest BCUT2D eigenvalue weighted by atomic mass is 10.0. The van der Waals surface area contributed by atoms with Crippen LogP contribution in [-0.2, 0) is 6.42 Å². The van der Waals surface area contributed by atoms with Crippen molar-refractivity contribution in [2.45, 2.75) is 18.5 Å². The van der Waals surface area contributed by atoms with Crippen molar-refractivity contribution in [3.05, 3.63) is 59.2 Å². The molecule has 0 aliphatic carbocycles. The maximum absolute atomic E-state index is 4.56. The molecule has 0 amide bonds. The fourth-order valence-corrected chi connectivity index (χ4v) is 2.64. The molecule has 1 heterocycles. The Kier molecular flexibility index (Phi) is 3.98. The fraction of sp³-hybridized carbons (Fsp3) is 0.167. The highest BCUT2D eigenvalue weighted by Crippen LogP contribution is 2.21. The lowest BCUT2D eigenvalue weighted by molar-refractivity contribution is 1.08. The van der Waals surface area contributed by atoms with Gasteiger partial charge in [0.1, 0.15) is 0 Å². The molecule has 21 heavy (non-hydrogen) atoms. The van der Waals surface area contributed by atoms with Crippen LogP contribution >= 0.6 is 11.8 Å². The lowest BCUT2D eigenvalue weighted by Crippen LogP contribution is -1.88. The topological polar surface area (TPSA) is 28.7 Å². The van der Waals surface area contributed by atoms with E-state index < -0.39 is 0 Å². The molecule has 3 rings (SSSR count). The fourth-order valence-electron chi connectivity index (χ4n) is 2.24. The van der Waals surface area contributed by atoms with E-state index in [4.69, 9.17) is 0 Å². The van der Waals surface area contributed by atoms with Crippen molar-refractivity contribution in [3.8, 4) is 11.8 Å². The maximum atomic E-state index is 4.56. The lowest BCUT2D eigenvalue weighted by Gasteiger charge is -2.01. The summed E-state index contributed by atoms with van der Waals surface area (Å²) in [6.45, 7) is 2.15. The van der Waals surface area contributed by atoms with Gasteiger partial charge >= 0.3 is 0 Å². The molecule has 2 aromatic carbocycles. The van der Waals surface area contributed by atoms with Gasteiger partial charge in [-0.1, -0.05) is 48.7 Å². The average Bonchev–Trinajstić information content (AvgIpc) is 2.94. The van der Waals surface area contributed by atoms with Crippen LogP contribution in [0.2, 0.25) is 0 Å². The van der Waals surface area contributed by atoms with Gasteiger partial charge in [0.15, 0.2) is 5.16 Å². The van der Waals surface area contributed by atoms with Crippen molar-refractivity contribution in [1.82, 2.24) is 9.97 Å². The number of nitrogens with zero attached hydrogens (tertiary/aromatic N) is 1. The SMILES string of the molecule is CCc1cc2nc(SC)[nH]c2cc1C#Cc1ccccc1. The summed E-state index contributed by atoms with van der Waals surface area (Å²) >= 11 is 1.62. The zero-order chi connectivity index (χ0) is 14.7. The van der Waals surface area contributed by atoms with Crippen molar-refractivity contribution in [2.75, 3.05) is 6.26 Å². The highest BCUT2D eigenvalue weighted by Gasteiger charge is 2.06. The molecular formula is C18H16N2S. The summed E-state index contributed by atoms with van der Waals surface area (Å²) in [6, 6.07) is 14.3. The van der Waals surface area contributed by atoms with Crippen molar-refractivity contribution >= 4 is 22.8 Å². The molecule has 0 bridgehead atoms. The van der Waals surface area contributed by atoms with E-state index in [9.17, 15) is 0 Å². The molecule has 0 aliphatic heterocycles. The summed E-state index contributed by atoms with van der Waals surface area (Å²) in [5, 5.41) is 0.945. The van der Waals surface area contributed by atoms with E-state index in [1.165, 1.54) is 5.56 Å². The van der Waals surface area contributed by atoms with E-state index in [0.717, 1.165) is 33.7 Å². The molecule has 0 atom stereocenters. The van der Waals surface area contributed by atoms with Crippen molar-refractivity contribution in [1.29, 1.82) is 0 Å². The molecule has 0 radical (unpaired) electrons. The molecule has 3 aromatic rings. The minimum Gasteiger partial charge on any atom is -0.333 e. The van der Waals surface area contributed by atoms with E-state index >= 15 is 0 Å². The van der Waals surface area contributed by atoms with Crippen LogP contribution in [0, 0.1) is 11.8 Å². The Hall–Kier alpha value is -2.18. The quantitative estimate of drug-likeness (QED) is 0.565. The van der Waals surface area contributed by atoms with Gasteiger partial charge in [-0.05, 0) is 42.5 Å². The van der Waals surface area contributed by atoms with E-state index in [1.54, 1.807) is 11.8 Å². The number of aromatic amines is 1. The predicted molar refractivity (Wildman–Crippen MR) is 89.7 cm³/mol. The summed E-state index contributed by atoms with van der Waals surface area (Å²) in [6.07, 6.45) is 2.98. The van der Waals surface area contributed by atoms with Gasteiger partial charge in [-0.3, -0.25) is 0 Å². The molecule has 0 unspecified atom stereocenters. The Balaban J connectivity index is 2.07. The van der Waals surface area contributed by atoms with E-state index in [1.807, 2.05) is 36.6 Å². The van der Waals surface area contributed by atoms with Gasteiger partial charge in [0.25, 0.3) is 0 Å². The molecule has 3 heteroatoms. The standard InChI is InChI=1S/C18H16N2S/c1-3-14-11-16-17(20-18(19-16)21-2)12-15(14)10-9-13-7-5-4-6-8-13/h4-8,11-12H,3H2,1-2H3,(H,19,20). The third-order valence-corrected chi connectivity index (χ3v) is 3.95. The molecular weight excluding hydrogens is 276 g/mol. The minimum absolute atomic E-state index is 0.945. The number of fused-ring (bicyclic) bond motifs is 1. The molecule has 1 aromatic heterocycles. The number of imidazole rings is 1. The van der Waals surface area contributed by atoms with Crippen molar-refractivity contribution < 1.29 is 0 Å².